The summed E-state index contributed by atoms with van der Waals surface area (Å²) < 4.78 is 0. The first-order chi connectivity index (χ1) is 9.75. The predicted molar refractivity (Wildman–Crippen MR) is 78.0 cm³/mol. The van der Waals surface area contributed by atoms with Crippen molar-refractivity contribution in [1.29, 1.82) is 0 Å². The predicted octanol–water partition coefficient (Wildman–Crippen LogP) is 1.82. The van der Waals surface area contributed by atoms with E-state index >= 15 is 0 Å². The Morgan fingerprint density at radius 1 is 1.35 bits per heavy atom. The number of carbonyl (C=O) groups excluding carboxylic acids is 1. The number of amides is 1. The Bertz CT molecular complexity index is 620. The van der Waals surface area contributed by atoms with Crippen LogP contribution in [0.15, 0.2) is 36.5 Å². The van der Waals surface area contributed by atoms with Gasteiger partial charge in [-0.25, -0.2) is 0 Å². The van der Waals surface area contributed by atoms with Gasteiger partial charge < -0.3 is 5.32 Å². The third-order valence-electron chi connectivity index (χ3n) is 2.94. The van der Waals surface area contributed by atoms with E-state index in [1.54, 1.807) is 0 Å². The molecule has 0 aliphatic heterocycles. The third kappa shape index (κ3) is 4.29. The van der Waals surface area contributed by atoms with Crippen molar-refractivity contribution in [3.8, 4) is 11.8 Å². The summed E-state index contributed by atoms with van der Waals surface area (Å²) in [5, 5.41) is 9.65. The molecule has 0 radical (unpaired) electrons. The summed E-state index contributed by atoms with van der Waals surface area (Å²) in [7, 11) is 0. The SMILES string of the molecule is Cc1[nH]ncc1CCCNC(=O)C#Cc1ccccc1. The van der Waals surface area contributed by atoms with Crippen molar-refractivity contribution in [3.63, 3.8) is 0 Å². The van der Waals surface area contributed by atoms with E-state index in [1.165, 1.54) is 5.56 Å². The highest BCUT2D eigenvalue weighted by atomic mass is 16.1. The van der Waals surface area contributed by atoms with Crippen LogP contribution in [0.25, 0.3) is 0 Å². The molecule has 0 unspecified atom stereocenters. The second kappa shape index (κ2) is 7.15. The Labute approximate surface area is 118 Å². The van der Waals surface area contributed by atoms with Gasteiger partial charge in [-0.3, -0.25) is 9.89 Å². The average molecular weight is 267 g/mol. The molecule has 0 spiro atoms. The number of nitrogens with zero attached hydrogens (tertiary/aromatic N) is 1. The lowest BCUT2D eigenvalue weighted by Gasteiger charge is -2.00. The Hall–Kier alpha value is -2.54. The summed E-state index contributed by atoms with van der Waals surface area (Å²) in [6.07, 6.45) is 3.60. The van der Waals surface area contributed by atoms with Gasteiger partial charge in [0.05, 0.1) is 6.20 Å². The highest BCUT2D eigenvalue weighted by Gasteiger charge is 2.00. The molecule has 1 aromatic heterocycles. The van der Waals surface area contributed by atoms with Gasteiger partial charge >= 0.3 is 0 Å². The second-order valence-corrected chi connectivity index (χ2v) is 4.50. The minimum atomic E-state index is -0.238. The number of nitrogens with one attached hydrogen (secondary N) is 2. The van der Waals surface area contributed by atoms with Gasteiger partial charge in [0.1, 0.15) is 0 Å². The lowest BCUT2D eigenvalue weighted by molar-refractivity contribution is -0.115. The number of aryl methyl sites for hydroxylation is 2. The zero-order chi connectivity index (χ0) is 14.2. The van der Waals surface area contributed by atoms with E-state index in [0.29, 0.717) is 6.54 Å². The Kier molecular flexibility index (Phi) is 4.96. The lowest BCUT2D eigenvalue weighted by Crippen LogP contribution is -2.23. The number of hydrogen-bond acceptors (Lipinski definition) is 2. The lowest BCUT2D eigenvalue weighted by atomic mass is 10.1. The molecule has 2 aromatic rings. The largest absolute Gasteiger partial charge is 0.345 e. The maximum atomic E-state index is 11.5. The highest BCUT2D eigenvalue weighted by molar-refractivity contribution is 5.94. The van der Waals surface area contributed by atoms with Crippen LogP contribution in [0.4, 0.5) is 0 Å². The molecule has 1 amide bonds. The molecule has 0 bridgehead atoms. The molecule has 4 heteroatoms. The number of aromatic nitrogens is 2. The van der Waals surface area contributed by atoms with E-state index < -0.39 is 0 Å². The van der Waals surface area contributed by atoms with E-state index in [2.05, 4.69) is 27.4 Å². The van der Waals surface area contributed by atoms with Crippen LogP contribution in [0.1, 0.15) is 23.2 Å². The van der Waals surface area contributed by atoms with Crippen LogP contribution >= 0.6 is 0 Å². The van der Waals surface area contributed by atoms with E-state index in [-0.39, 0.29) is 5.91 Å². The van der Waals surface area contributed by atoms with Crippen LogP contribution in [0.2, 0.25) is 0 Å². The number of rotatable bonds is 4. The molecule has 1 heterocycles. The van der Waals surface area contributed by atoms with Gasteiger partial charge in [0.15, 0.2) is 0 Å². The fraction of sp³-hybridized carbons (Fsp3) is 0.250. The zero-order valence-electron chi connectivity index (χ0n) is 11.4. The molecule has 1 aromatic carbocycles. The molecule has 0 atom stereocenters. The molecule has 4 nitrogen and oxygen atoms in total. The van der Waals surface area contributed by atoms with E-state index in [0.717, 1.165) is 24.1 Å². The summed E-state index contributed by atoms with van der Waals surface area (Å²) in [5.41, 5.74) is 3.12. The quantitative estimate of drug-likeness (QED) is 0.656. The fourth-order valence-electron chi connectivity index (χ4n) is 1.80. The Balaban J connectivity index is 1.71. The number of benzene rings is 1. The normalized spacial score (nSPS) is 9.65. The minimum Gasteiger partial charge on any atom is -0.345 e. The van der Waals surface area contributed by atoms with Crippen molar-refractivity contribution in [2.24, 2.45) is 0 Å². The molecular formula is C16H17N3O. The van der Waals surface area contributed by atoms with E-state index in [4.69, 9.17) is 0 Å². The molecule has 0 aliphatic rings. The molecule has 2 N–H and O–H groups in total. The Morgan fingerprint density at radius 3 is 2.85 bits per heavy atom. The van der Waals surface area contributed by atoms with Crippen molar-refractivity contribution < 1.29 is 4.79 Å². The van der Waals surface area contributed by atoms with Gasteiger partial charge in [0, 0.05) is 23.7 Å². The number of H-pyrrole nitrogens is 1. The minimum absolute atomic E-state index is 0.238. The molecule has 0 saturated carbocycles. The van der Waals surface area contributed by atoms with E-state index in [9.17, 15) is 4.79 Å². The maximum Gasteiger partial charge on any atom is 0.296 e. The molecule has 102 valence electrons. The van der Waals surface area contributed by atoms with Crippen molar-refractivity contribution in [1.82, 2.24) is 15.5 Å². The number of carbonyl (C=O) groups is 1. The first-order valence-corrected chi connectivity index (χ1v) is 6.59. The summed E-state index contributed by atoms with van der Waals surface area (Å²) >= 11 is 0. The zero-order valence-corrected chi connectivity index (χ0v) is 11.4. The van der Waals surface area contributed by atoms with Crippen molar-refractivity contribution in [2.75, 3.05) is 6.54 Å². The third-order valence-corrected chi connectivity index (χ3v) is 2.94. The first kappa shape index (κ1) is 13.9. The van der Waals surface area contributed by atoms with Crippen molar-refractivity contribution in [3.05, 3.63) is 53.3 Å². The Morgan fingerprint density at radius 2 is 2.15 bits per heavy atom. The summed E-state index contributed by atoms with van der Waals surface area (Å²) in [5.74, 6) is 5.18. The van der Waals surface area contributed by atoms with Gasteiger partial charge in [-0.05, 0) is 37.5 Å². The molecule has 20 heavy (non-hydrogen) atoms. The first-order valence-electron chi connectivity index (χ1n) is 6.59. The standard InChI is InChI=1S/C16H17N3O/c1-13-15(12-18-19-13)8-5-11-17-16(20)10-9-14-6-3-2-4-7-14/h2-4,6-7,12H,5,8,11H2,1H3,(H,17,20)(H,18,19). The van der Waals surface area contributed by atoms with Gasteiger partial charge in [-0.2, -0.15) is 5.10 Å². The van der Waals surface area contributed by atoms with E-state index in [1.807, 2.05) is 43.5 Å². The molecular weight excluding hydrogens is 250 g/mol. The molecule has 2 rings (SSSR count). The topological polar surface area (TPSA) is 57.8 Å². The second-order valence-electron chi connectivity index (χ2n) is 4.50. The van der Waals surface area contributed by atoms with Crippen LogP contribution in [0, 0.1) is 18.8 Å². The van der Waals surface area contributed by atoms with Crippen molar-refractivity contribution >= 4 is 5.91 Å². The van der Waals surface area contributed by atoms with Crippen molar-refractivity contribution in [2.45, 2.75) is 19.8 Å². The number of aromatic amines is 1. The fourth-order valence-corrected chi connectivity index (χ4v) is 1.80. The van der Waals surface area contributed by atoms with Gasteiger partial charge in [0.25, 0.3) is 5.91 Å². The highest BCUT2D eigenvalue weighted by Crippen LogP contribution is 2.04. The van der Waals surface area contributed by atoms with Crippen LogP contribution in [0.3, 0.4) is 0 Å². The van der Waals surface area contributed by atoms with Gasteiger partial charge in [0.2, 0.25) is 0 Å². The maximum absolute atomic E-state index is 11.5. The summed E-state index contributed by atoms with van der Waals surface area (Å²) in [4.78, 5) is 11.5. The van der Waals surface area contributed by atoms with Gasteiger partial charge in [-0.1, -0.05) is 24.1 Å². The molecule has 0 saturated heterocycles. The van der Waals surface area contributed by atoms with Gasteiger partial charge in [-0.15, -0.1) is 0 Å². The number of hydrogen-bond donors (Lipinski definition) is 2. The summed E-state index contributed by atoms with van der Waals surface area (Å²) in [6, 6.07) is 9.47. The van der Waals surface area contributed by atoms with Crippen LogP contribution < -0.4 is 5.32 Å². The molecule has 0 fully saturated rings. The molecule has 0 aliphatic carbocycles. The summed E-state index contributed by atoms with van der Waals surface area (Å²) in [6.45, 7) is 2.61. The van der Waals surface area contributed by atoms with Crippen LogP contribution in [0.5, 0.6) is 0 Å². The van der Waals surface area contributed by atoms with Crippen LogP contribution in [-0.4, -0.2) is 22.6 Å². The van der Waals surface area contributed by atoms with Crippen LogP contribution in [-0.2, 0) is 11.2 Å². The smallest absolute Gasteiger partial charge is 0.296 e. The average Bonchev–Trinajstić information content (AvgIpc) is 2.88. The monoisotopic (exact) mass is 267 g/mol.